The predicted molar refractivity (Wildman–Crippen MR) is 72.5 cm³/mol. The van der Waals surface area contributed by atoms with Crippen molar-refractivity contribution in [1.29, 1.82) is 0 Å². The number of nitrogens with zero attached hydrogens (tertiary/aromatic N) is 2. The molecule has 0 amide bonds. The highest BCUT2D eigenvalue weighted by molar-refractivity contribution is 5.79. The van der Waals surface area contributed by atoms with Gasteiger partial charge in [0.2, 0.25) is 0 Å². The van der Waals surface area contributed by atoms with Crippen molar-refractivity contribution in [1.82, 2.24) is 15.4 Å². The van der Waals surface area contributed by atoms with Crippen molar-refractivity contribution in [3.05, 3.63) is 59.7 Å². The van der Waals surface area contributed by atoms with Crippen LogP contribution >= 0.6 is 0 Å². The number of aromatic nitrogens is 3. The van der Waals surface area contributed by atoms with Crippen molar-refractivity contribution in [3.8, 4) is 0 Å². The molecule has 3 rings (SSSR count). The fourth-order valence-corrected chi connectivity index (χ4v) is 2.38. The zero-order valence-electron chi connectivity index (χ0n) is 10.5. The summed E-state index contributed by atoms with van der Waals surface area (Å²) in [5, 5.41) is 11.0. The molecule has 2 aromatic carbocycles. The van der Waals surface area contributed by atoms with E-state index >= 15 is 0 Å². The van der Waals surface area contributed by atoms with Crippen LogP contribution in [0.15, 0.2) is 48.5 Å². The monoisotopic (exact) mass is 237 g/mol. The number of aromatic amines is 1. The van der Waals surface area contributed by atoms with Gasteiger partial charge in [0.1, 0.15) is 5.52 Å². The van der Waals surface area contributed by atoms with Gasteiger partial charge in [-0.25, -0.2) is 0 Å². The maximum atomic E-state index is 4.20. The van der Waals surface area contributed by atoms with Gasteiger partial charge in [-0.15, -0.1) is 5.10 Å². The molecule has 3 nitrogen and oxygen atoms in total. The maximum absolute atomic E-state index is 4.20. The molecule has 0 radical (unpaired) electrons. The second-order valence-corrected chi connectivity index (χ2v) is 5.00. The minimum Gasteiger partial charge on any atom is -0.258 e. The first kappa shape index (κ1) is 11.0. The Balaban J connectivity index is 2.22. The molecule has 0 saturated carbocycles. The molecule has 0 saturated heterocycles. The van der Waals surface area contributed by atoms with Gasteiger partial charge in [0.05, 0.1) is 5.52 Å². The fourth-order valence-electron chi connectivity index (χ4n) is 2.38. The SMILES string of the molecule is CC(C)(c1ccccc1)c1cccc2[nH]nnc12. The molecular formula is C15H15N3. The highest BCUT2D eigenvalue weighted by atomic mass is 15.3. The zero-order valence-corrected chi connectivity index (χ0v) is 10.5. The van der Waals surface area contributed by atoms with Gasteiger partial charge in [0.25, 0.3) is 0 Å². The predicted octanol–water partition coefficient (Wildman–Crippen LogP) is 3.28. The minimum atomic E-state index is -0.0857. The average Bonchev–Trinajstić information content (AvgIpc) is 2.87. The van der Waals surface area contributed by atoms with E-state index in [0.29, 0.717) is 0 Å². The molecule has 1 aromatic heterocycles. The molecule has 3 heteroatoms. The van der Waals surface area contributed by atoms with Crippen LogP contribution in [0.1, 0.15) is 25.0 Å². The molecule has 0 aliphatic rings. The fraction of sp³-hybridized carbons (Fsp3) is 0.200. The summed E-state index contributed by atoms with van der Waals surface area (Å²) in [6.07, 6.45) is 0. The Morgan fingerprint density at radius 2 is 1.72 bits per heavy atom. The van der Waals surface area contributed by atoms with Crippen LogP contribution in [0.25, 0.3) is 11.0 Å². The van der Waals surface area contributed by atoms with Crippen molar-refractivity contribution >= 4 is 11.0 Å². The first-order valence-corrected chi connectivity index (χ1v) is 6.05. The Bertz CT molecular complexity index is 668. The Kier molecular flexibility index (Phi) is 2.40. The molecule has 3 aromatic rings. The summed E-state index contributed by atoms with van der Waals surface area (Å²) in [5.74, 6) is 0. The van der Waals surface area contributed by atoms with Crippen LogP contribution in [0.5, 0.6) is 0 Å². The van der Waals surface area contributed by atoms with E-state index in [1.807, 2.05) is 18.2 Å². The number of hydrogen-bond donors (Lipinski definition) is 1. The molecule has 1 heterocycles. The molecule has 90 valence electrons. The van der Waals surface area contributed by atoms with Crippen LogP contribution < -0.4 is 0 Å². The van der Waals surface area contributed by atoms with E-state index in [2.05, 4.69) is 59.6 Å². The standard InChI is InChI=1S/C15H15N3/c1-15(2,11-7-4-3-5-8-11)12-9-6-10-13-14(12)17-18-16-13/h3-10H,1-2H3,(H,16,17,18). The van der Waals surface area contributed by atoms with Crippen molar-refractivity contribution < 1.29 is 0 Å². The summed E-state index contributed by atoms with van der Waals surface area (Å²) < 4.78 is 0. The summed E-state index contributed by atoms with van der Waals surface area (Å²) in [6, 6.07) is 16.6. The highest BCUT2D eigenvalue weighted by Gasteiger charge is 2.25. The van der Waals surface area contributed by atoms with Gasteiger partial charge in [0, 0.05) is 5.41 Å². The largest absolute Gasteiger partial charge is 0.258 e. The van der Waals surface area contributed by atoms with Gasteiger partial charge in [-0.1, -0.05) is 61.5 Å². The summed E-state index contributed by atoms with van der Waals surface area (Å²) in [5.41, 5.74) is 4.32. The molecule has 0 atom stereocenters. The number of nitrogens with one attached hydrogen (secondary N) is 1. The van der Waals surface area contributed by atoms with Crippen LogP contribution in [0.3, 0.4) is 0 Å². The number of H-pyrrole nitrogens is 1. The van der Waals surface area contributed by atoms with E-state index in [0.717, 1.165) is 11.0 Å². The molecule has 0 aliphatic carbocycles. The van der Waals surface area contributed by atoms with Gasteiger partial charge in [0.15, 0.2) is 0 Å². The van der Waals surface area contributed by atoms with Crippen molar-refractivity contribution in [2.24, 2.45) is 0 Å². The van der Waals surface area contributed by atoms with E-state index in [1.54, 1.807) is 0 Å². The topological polar surface area (TPSA) is 41.6 Å². The molecule has 1 N–H and O–H groups in total. The van der Waals surface area contributed by atoms with Crippen molar-refractivity contribution in [3.63, 3.8) is 0 Å². The molecule has 0 bridgehead atoms. The first-order valence-electron chi connectivity index (χ1n) is 6.05. The summed E-state index contributed by atoms with van der Waals surface area (Å²) in [6.45, 7) is 4.43. The first-order chi connectivity index (χ1) is 8.69. The van der Waals surface area contributed by atoms with Crippen molar-refractivity contribution in [2.45, 2.75) is 19.3 Å². The van der Waals surface area contributed by atoms with Gasteiger partial charge in [-0.2, -0.15) is 0 Å². The van der Waals surface area contributed by atoms with Crippen molar-refractivity contribution in [2.75, 3.05) is 0 Å². The van der Waals surface area contributed by atoms with Gasteiger partial charge >= 0.3 is 0 Å². The number of fused-ring (bicyclic) bond motifs is 1. The Labute approximate surface area is 106 Å². The van der Waals surface area contributed by atoms with Gasteiger partial charge in [-0.3, -0.25) is 5.10 Å². The molecular weight excluding hydrogens is 222 g/mol. The van der Waals surface area contributed by atoms with E-state index in [9.17, 15) is 0 Å². The van der Waals surface area contributed by atoms with E-state index in [1.165, 1.54) is 11.1 Å². The summed E-state index contributed by atoms with van der Waals surface area (Å²) in [7, 11) is 0. The summed E-state index contributed by atoms with van der Waals surface area (Å²) in [4.78, 5) is 0. The quantitative estimate of drug-likeness (QED) is 0.743. The molecule has 0 aliphatic heterocycles. The Morgan fingerprint density at radius 3 is 2.50 bits per heavy atom. The van der Waals surface area contributed by atoms with Crippen LogP contribution in [-0.4, -0.2) is 15.4 Å². The third-order valence-electron chi connectivity index (χ3n) is 3.53. The van der Waals surface area contributed by atoms with Crippen LogP contribution in [0.2, 0.25) is 0 Å². The number of hydrogen-bond acceptors (Lipinski definition) is 2. The van der Waals surface area contributed by atoms with Gasteiger partial charge < -0.3 is 0 Å². The minimum absolute atomic E-state index is 0.0857. The summed E-state index contributed by atoms with van der Waals surface area (Å²) >= 11 is 0. The molecule has 0 spiro atoms. The van der Waals surface area contributed by atoms with E-state index in [4.69, 9.17) is 0 Å². The second kappa shape index (κ2) is 3.95. The Morgan fingerprint density at radius 1 is 0.944 bits per heavy atom. The Hall–Kier alpha value is -2.16. The molecule has 18 heavy (non-hydrogen) atoms. The van der Waals surface area contributed by atoms with E-state index in [-0.39, 0.29) is 5.41 Å². The maximum Gasteiger partial charge on any atom is 0.116 e. The van der Waals surface area contributed by atoms with Gasteiger partial charge in [-0.05, 0) is 17.2 Å². The highest BCUT2D eigenvalue weighted by Crippen LogP contribution is 2.34. The lowest BCUT2D eigenvalue weighted by Crippen LogP contribution is -2.19. The number of rotatable bonds is 2. The molecule has 0 fully saturated rings. The second-order valence-electron chi connectivity index (χ2n) is 5.00. The lowest BCUT2D eigenvalue weighted by molar-refractivity contribution is 0.645. The lowest BCUT2D eigenvalue weighted by atomic mass is 9.77. The van der Waals surface area contributed by atoms with Crippen LogP contribution in [0, 0.1) is 0 Å². The lowest BCUT2D eigenvalue weighted by Gasteiger charge is -2.26. The van der Waals surface area contributed by atoms with Crippen LogP contribution in [0.4, 0.5) is 0 Å². The van der Waals surface area contributed by atoms with Crippen LogP contribution in [-0.2, 0) is 5.41 Å². The average molecular weight is 237 g/mol. The van der Waals surface area contributed by atoms with E-state index < -0.39 is 0 Å². The number of benzene rings is 2. The normalized spacial score (nSPS) is 11.9. The molecule has 0 unspecified atom stereocenters. The third kappa shape index (κ3) is 1.59. The zero-order chi connectivity index (χ0) is 12.6. The smallest absolute Gasteiger partial charge is 0.116 e. The third-order valence-corrected chi connectivity index (χ3v) is 3.53.